The third-order valence-corrected chi connectivity index (χ3v) is 6.36. The zero-order valence-corrected chi connectivity index (χ0v) is 19.2. The molecule has 0 radical (unpaired) electrons. The number of hydrogen-bond donors (Lipinski definition) is 0. The number of aromatic nitrogens is 2. The quantitative estimate of drug-likeness (QED) is 0.322. The molecule has 158 valence electrons. The van der Waals surface area contributed by atoms with Gasteiger partial charge in [0.15, 0.2) is 5.13 Å². The molecule has 1 amide bonds. The van der Waals surface area contributed by atoms with Gasteiger partial charge in [0.1, 0.15) is 5.75 Å². The minimum atomic E-state index is -0.107. The number of ether oxygens (including phenoxy) is 1. The number of rotatable bonds is 7. The molecule has 0 atom stereocenters. The van der Waals surface area contributed by atoms with Gasteiger partial charge in [-0.1, -0.05) is 17.4 Å². The monoisotopic (exact) mass is 449 g/mol. The number of fused-ring (bicyclic) bond motifs is 1. The van der Waals surface area contributed by atoms with E-state index in [0.717, 1.165) is 21.5 Å². The van der Waals surface area contributed by atoms with E-state index in [-0.39, 0.29) is 12.0 Å². The van der Waals surface area contributed by atoms with Crippen LogP contribution in [0.1, 0.15) is 29.8 Å². The van der Waals surface area contributed by atoms with Crippen LogP contribution in [0.4, 0.5) is 5.13 Å². The van der Waals surface area contributed by atoms with Crippen LogP contribution in [0, 0.1) is 0 Å². The summed E-state index contributed by atoms with van der Waals surface area (Å²) < 4.78 is 6.77. The zero-order valence-electron chi connectivity index (χ0n) is 17.6. The number of hydrogen-bond acceptors (Lipinski definition) is 6. The lowest BCUT2D eigenvalue weighted by Gasteiger charge is -2.20. The fourth-order valence-corrected chi connectivity index (χ4v) is 4.66. The van der Waals surface area contributed by atoms with Gasteiger partial charge in [-0.2, -0.15) is 0 Å². The molecule has 4 rings (SSSR count). The molecule has 7 heteroatoms. The number of carbonyl (C=O) groups excluding carboxylic acids is 1. The molecule has 0 spiro atoms. The number of nitrogens with zero attached hydrogens (tertiary/aromatic N) is 3. The van der Waals surface area contributed by atoms with E-state index in [1.807, 2.05) is 50.4 Å². The van der Waals surface area contributed by atoms with E-state index in [0.29, 0.717) is 17.2 Å². The Bertz CT molecular complexity index is 1170. The topological polar surface area (TPSA) is 55.3 Å². The molecule has 2 aromatic heterocycles. The number of pyridine rings is 1. The van der Waals surface area contributed by atoms with Crippen molar-refractivity contribution < 1.29 is 9.53 Å². The van der Waals surface area contributed by atoms with Crippen molar-refractivity contribution in [2.45, 2.75) is 31.4 Å². The number of thioether (sulfide) groups is 1. The van der Waals surface area contributed by atoms with Gasteiger partial charge in [-0.3, -0.25) is 14.7 Å². The largest absolute Gasteiger partial charge is 0.491 e. The first-order chi connectivity index (χ1) is 15.0. The van der Waals surface area contributed by atoms with Crippen LogP contribution in [-0.2, 0) is 6.54 Å². The van der Waals surface area contributed by atoms with Crippen molar-refractivity contribution in [2.24, 2.45) is 0 Å². The van der Waals surface area contributed by atoms with Gasteiger partial charge in [0.05, 0.1) is 22.9 Å². The summed E-state index contributed by atoms with van der Waals surface area (Å²) in [6, 6.07) is 17.3. The second kappa shape index (κ2) is 9.49. The Kier molecular flexibility index (Phi) is 6.53. The van der Waals surface area contributed by atoms with E-state index < -0.39 is 0 Å². The van der Waals surface area contributed by atoms with Crippen molar-refractivity contribution in [3.63, 3.8) is 0 Å². The third kappa shape index (κ3) is 5.06. The maximum atomic E-state index is 13.5. The Morgan fingerprint density at radius 1 is 1.16 bits per heavy atom. The molecule has 0 unspecified atom stereocenters. The summed E-state index contributed by atoms with van der Waals surface area (Å²) >= 11 is 3.21. The summed E-state index contributed by atoms with van der Waals surface area (Å²) in [6.07, 6.45) is 5.63. The maximum absolute atomic E-state index is 13.5. The van der Waals surface area contributed by atoms with Crippen molar-refractivity contribution in [2.75, 3.05) is 11.2 Å². The SMILES string of the molecule is CSc1ccc2nc(N(Cc3cccnc3)C(=O)c3ccc(OC(C)C)cc3)sc2c1. The van der Waals surface area contributed by atoms with Crippen molar-refractivity contribution in [1.29, 1.82) is 0 Å². The summed E-state index contributed by atoms with van der Waals surface area (Å²) in [5.74, 6) is 0.638. The average molecular weight is 450 g/mol. The Hall–Kier alpha value is -2.90. The summed E-state index contributed by atoms with van der Waals surface area (Å²) in [4.78, 5) is 25.4. The third-order valence-electron chi connectivity index (χ3n) is 4.60. The van der Waals surface area contributed by atoms with Gasteiger partial charge in [-0.15, -0.1) is 11.8 Å². The van der Waals surface area contributed by atoms with Crippen LogP contribution in [0.15, 0.2) is 71.9 Å². The van der Waals surface area contributed by atoms with E-state index in [1.54, 1.807) is 41.2 Å². The molecule has 0 fully saturated rings. The maximum Gasteiger partial charge on any atom is 0.260 e. The lowest BCUT2D eigenvalue weighted by atomic mass is 10.1. The Morgan fingerprint density at radius 3 is 2.65 bits per heavy atom. The second-order valence-corrected chi connectivity index (χ2v) is 9.16. The molecule has 0 saturated carbocycles. The first kappa shape index (κ1) is 21.3. The highest BCUT2D eigenvalue weighted by atomic mass is 32.2. The smallest absolute Gasteiger partial charge is 0.260 e. The minimum Gasteiger partial charge on any atom is -0.491 e. The first-order valence-electron chi connectivity index (χ1n) is 9.95. The highest BCUT2D eigenvalue weighted by Crippen LogP contribution is 2.33. The molecule has 4 aromatic rings. The average Bonchev–Trinajstić information content (AvgIpc) is 3.20. The van der Waals surface area contributed by atoms with Crippen molar-refractivity contribution in [3.8, 4) is 5.75 Å². The van der Waals surface area contributed by atoms with Crippen LogP contribution in [0.25, 0.3) is 10.2 Å². The van der Waals surface area contributed by atoms with Crippen LogP contribution in [0.5, 0.6) is 5.75 Å². The summed E-state index contributed by atoms with van der Waals surface area (Å²) in [5.41, 5.74) is 2.42. The number of benzene rings is 2. The van der Waals surface area contributed by atoms with E-state index in [4.69, 9.17) is 9.72 Å². The predicted octanol–water partition coefficient (Wildman–Crippen LogP) is 6.05. The summed E-state index contributed by atoms with van der Waals surface area (Å²) in [6.45, 7) is 4.35. The number of anilines is 1. The van der Waals surface area contributed by atoms with Crippen LogP contribution >= 0.6 is 23.1 Å². The van der Waals surface area contributed by atoms with Gasteiger partial charge in [0, 0.05) is 22.9 Å². The standard InChI is InChI=1S/C24H23N3O2S2/c1-16(2)29-19-8-6-18(7-9-19)23(28)27(15-17-5-4-12-25-14-17)24-26-21-11-10-20(30-3)13-22(21)31-24/h4-14,16H,15H2,1-3H3. The van der Waals surface area contributed by atoms with Gasteiger partial charge in [0.2, 0.25) is 0 Å². The van der Waals surface area contributed by atoms with Crippen molar-refractivity contribution >= 4 is 44.4 Å². The minimum absolute atomic E-state index is 0.0811. The van der Waals surface area contributed by atoms with Gasteiger partial charge >= 0.3 is 0 Å². The number of amides is 1. The predicted molar refractivity (Wildman–Crippen MR) is 128 cm³/mol. The lowest BCUT2D eigenvalue weighted by molar-refractivity contribution is 0.0985. The molecule has 0 aliphatic heterocycles. The molecule has 0 aliphatic carbocycles. The molecular weight excluding hydrogens is 426 g/mol. The van der Waals surface area contributed by atoms with Crippen LogP contribution < -0.4 is 9.64 Å². The second-order valence-electron chi connectivity index (χ2n) is 7.27. The molecule has 0 N–H and O–H groups in total. The summed E-state index contributed by atoms with van der Waals surface area (Å²) in [7, 11) is 0. The van der Waals surface area contributed by atoms with Crippen LogP contribution in [-0.4, -0.2) is 28.2 Å². The Morgan fingerprint density at radius 2 is 1.97 bits per heavy atom. The van der Waals surface area contributed by atoms with Crippen LogP contribution in [0.2, 0.25) is 0 Å². The molecule has 0 saturated heterocycles. The van der Waals surface area contributed by atoms with E-state index in [1.165, 1.54) is 16.2 Å². The van der Waals surface area contributed by atoms with E-state index in [9.17, 15) is 4.79 Å². The molecule has 0 bridgehead atoms. The molecule has 5 nitrogen and oxygen atoms in total. The normalized spacial score (nSPS) is 11.1. The van der Waals surface area contributed by atoms with Gasteiger partial charge in [-0.25, -0.2) is 4.98 Å². The molecule has 0 aliphatic rings. The van der Waals surface area contributed by atoms with Gasteiger partial charge in [0.25, 0.3) is 5.91 Å². The van der Waals surface area contributed by atoms with E-state index >= 15 is 0 Å². The highest BCUT2D eigenvalue weighted by molar-refractivity contribution is 7.98. The van der Waals surface area contributed by atoms with Crippen molar-refractivity contribution in [3.05, 3.63) is 78.1 Å². The van der Waals surface area contributed by atoms with Gasteiger partial charge in [-0.05, 0) is 74.2 Å². The summed E-state index contributed by atoms with van der Waals surface area (Å²) in [5, 5.41) is 0.671. The number of carbonyl (C=O) groups is 1. The number of thiazole rings is 1. The molecule has 2 heterocycles. The fourth-order valence-electron chi connectivity index (χ4n) is 3.14. The molecular formula is C24H23N3O2S2. The molecule has 2 aromatic carbocycles. The van der Waals surface area contributed by atoms with Gasteiger partial charge < -0.3 is 4.74 Å². The van der Waals surface area contributed by atoms with E-state index in [2.05, 4.69) is 17.1 Å². The highest BCUT2D eigenvalue weighted by Gasteiger charge is 2.22. The van der Waals surface area contributed by atoms with Crippen LogP contribution in [0.3, 0.4) is 0 Å². The first-order valence-corrected chi connectivity index (χ1v) is 12.0. The lowest BCUT2D eigenvalue weighted by Crippen LogP contribution is -2.30. The Balaban J connectivity index is 1.69. The Labute approximate surface area is 190 Å². The zero-order chi connectivity index (χ0) is 21.8. The fraction of sp³-hybridized carbons (Fsp3) is 0.208. The van der Waals surface area contributed by atoms with Crippen molar-refractivity contribution in [1.82, 2.24) is 9.97 Å². The molecule has 31 heavy (non-hydrogen) atoms.